The summed E-state index contributed by atoms with van der Waals surface area (Å²) in [6.45, 7) is 0. The summed E-state index contributed by atoms with van der Waals surface area (Å²) in [5, 5.41) is 3.55. The average Bonchev–Trinajstić information content (AvgIpc) is 2.83. The van der Waals surface area contributed by atoms with E-state index in [1.165, 1.54) is 4.90 Å². The maximum Gasteiger partial charge on any atom is 0.270 e. The summed E-state index contributed by atoms with van der Waals surface area (Å²) in [5.41, 5.74) is 1.87. The second-order valence-corrected chi connectivity index (χ2v) is 7.68. The van der Waals surface area contributed by atoms with Crippen molar-refractivity contribution in [3.05, 3.63) is 102 Å². The maximum absolute atomic E-state index is 13.3. The van der Waals surface area contributed by atoms with Crippen LogP contribution in [0.15, 0.2) is 96.7 Å². The normalized spacial score (nSPS) is 15.1. The van der Waals surface area contributed by atoms with Crippen molar-refractivity contribution < 1.29 is 14.3 Å². The van der Waals surface area contributed by atoms with Gasteiger partial charge in [-0.25, -0.2) is 0 Å². The Morgan fingerprint density at radius 3 is 2.36 bits per heavy atom. The molecular weight excluding hydrogens is 434 g/mol. The number of amides is 2. The Bertz CT molecular complexity index is 1410. The molecule has 5 rings (SSSR count). The van der Waals surface area contributed by atoms with Crippen LogP contribution in [0.2, 0.25) is 0 Å². The number of hydrogen-bond donors (Lipinski definition) is 1. The average molecular weight is 452 g/mol. The molecule has 0 atom stereocenters. The first-order valence-corrected chi connectivity index (χ1v) is 10.6. The first-order valence-electron chi connectivity index (χ1n) is 10.2. The highest BCUT2D eigenvalue weighted by Crippen LogP contribution is 2.27. The zero-order valence-electron chi connectivity index (χ0n) is 17.3. The predicted molar refractivity (Wildman–Crippen MR) is 131 cm³/mol. The van der Waals surface area contributed by atoms with Crippen LogP contribution < -0.4 is 15.0 Å². The minimum Gasteiger partial charge on any atom is -0.457 e. The van der Waals surface area contributed by atoms with Gasteiger partial charge in [0.05, 0.1) is 11.2 Å². The van der Waals surface area contributed by atoms with Gasteiger partial charge in [-0.1, -0.05) is 42.5 Å². The molecule has 1 aliphatic rings. The van der Waals surface area contributed by atoms with E-state index in [1.54, 1.807) is 36.5 Å². The minimum absolute atomic E-state index is 0.0219. The monoisotopic (exact) mass is 451 g/mol. The highest BCUT2D eigenvalue weighted by molar-refractivity contribution is 7.80. The first kappa shape index (κ1) is 20.5. The van der Waals surface area contributed by atoms with Crippen LogP contribution in [0.5, 0.6) is 11.5 Å². The third kappa shape index (κ3) is 4.09. The molecule has 1 saturated heterocycles. The summed E-state index contributed by atoms with van der Waals surface area (Å²) >= 11 is 5.30. The Kier molecular flexibility index (Phi) is 5.38. The fourth-order valence-electron chi connectivity index (χ4n) is 3.58. The summed E-state index contributed by atoms with van der Waals surface area (Å²) in [6, 6.07) is 25.7. The highest BCUT2D eigenvalue weighted by Gasteiger charge is 2.34. The van der Waals surface area contributed by atoms with Crippen molar-refractivity contribution in [1.82, 2.24) is 10.3 Å². The number of pyridine rings is 1. The largest absolute Gasteiger partial charge is 0.457 e. The Morgan fingerprint density at radius 2 is 1.58 bits per heavy atom. The SMILES string of the molecule is O=C1NC(=S)N(c2ccc(Oc3ccccc3)cc2)C(=O)C1=Cc1cccc2cccnc12. The maximum atomic E-state index is 13.3. The molecule has 0 spiro atoms. The van der Waals surface area contributed by atoms with Crippen molar-refractivity contribution in [2.75, 3.05) is 4.90 Å². The van der Waals surface area contributed by atoms with Crippen LogP contribution in [-0.4, -0.2) is 21.9 Å². The fraction of sp³-hybridized carbons (Fsp3) is 0. The number of rotatable bonds is 4. The molecule has 6 nitrogen and oxygen atoms in total. The number of carbonyl (C=O) groups excluding carboxylic acids is 2. The number of fused-ring (bicyclic) bond motifs is 1. The molecule has 4 aromatic rings. The van der Waals surface area contributed by atoms with E-state index in [2.05, 4.69) is 10.3 Å². The second kappa shape index (κ2) is 8.64. The summed E-state index contributed by atoms with van der Waals surface area (Å²) in [7, 11) is 0. The van der Waals surface area contributed by atoms with Crippen molar-refractivity contribution in [2.45, 2.75) is 0 Å². The number of anilines is 1. The molecule has 0 saturated carbocycles. The molecule has 0 unspecified atom stereocenters. The van der Waals surface area contributed by atoms with Crippen molar-refractivity contribution in [2.24, 2.45) is 0 Å². The van der Waals surface area contributed by atoms with Gasteiger partial charge in [0.1, 0.15) is 17.1 Å². The lowest BCUT2D eigenvalue weighted by molar-refractivity contribution is -0.122. The van der Waals surface area contributed by atoms with Crippen LogP contribution in [0, 0.1) is 0 Å². The van der Waals surface area contributed by atoms with Crippen LogP contribution in [-0.2, 0) is 9.59 Å². The van der Waals surface area contributed by atoms with Gasteiger partial charge in [0.2, 0.25) is 0 Å². The van der Waals surface area contributed by atoms with Gasteiger partial charge in [-0.05, 0) is 60.8 Å². The molecule has 160 valence electrons. The van der Waals surface area contributed by atoms with E-state index in [9.17, 15) is 9.59 Å². The van der Waals surface area contributed by atoms with Gasteiger partial charge in [0, 0.05) is 17.1 Å². The van der Waals surface area contributed by atoms with Crippen LogP contribution in [0.25, 0.3) is 17.0 Å². The minimum atomic E-state index is -0.543. The molecule has 1 aliphatic heterocycles. The van der Waals surface area contributed by atoms with E-state index < -0.39 is 11.8 Å². The Hall–Kier alpha value is -4.36. The van der Waals surface area contributed by atoms with Gasteiger partial charge in [-0.15, -0.1) is 0 Å². The van der Waals surface area contributed by atoms with Crippen LogP contribution in [0.1, 0.15) is 5.56 Å². The molecule has 1 aromatic heterocycles. The quantitative estimate of drug-likeness (QED) is 0.273. The molecule has 3 aromatic carbocycles. The Labute approximate surface area is 195 Å². The topological polar surface area (TPSA) is 71.5 Å². The van der Waals surface area contributed by atoms with Gasteiger partial charge < -0.3 is 4.74 Å². The number of ether oxygens (including phenoxy) is 1. The molecule has 33 heavy (non-hydrogen) atoms. The zero-order valence-corrected chi connectivity index (χ0v) is 18.1. The molecule has 1 fully saturated rings. The van der Waals surface area contributed by atoms with E-state index in [1.807, 2.05) is 60.7 Å². The Morgan fingerprint density at radius 1 is 0.848 bits per heavy atom. The van der Waals surface area contributed by atoms with Crippen molar-refractivity contribution >= 4 is 51.8 Å². The first-order chi connectivity index (χ1) is 16.1. The summed E-state index contributed by atoms with van der Waals surface area (Å²) in [4.78, 5) is 31.6. The van der Waals surface area contributed by atoms with E-state index in [0.717, 1.165) is 5.39 Å². The number of carbonyl (C=O) groups is 2. The molecule has 2 heterocycles. The molecule has 1 N–H and O–H groups in total. The standard InChI is InChI=1S/C26H17N3O3S/c30-24-22(16-18-7-4-6-17-8-5-15-27-23(17)18)25(31)29(26(33)28-24)19-11-13-21(14-12-19)32-20-9-2-1-3-10-20/h1-16H,(H,28,30,33). The number of hydrogen-bond acceptors (Lipinski definition) is 5. The van der Waals surface area contributed by atoms with E-state index in [0.29, 0.717) is 28.3 Å². The number of para-hydroxylation sites is 2. The van der Waals surface area contributed by atoms with Gasteiger partial charge in [-0.3, -0.25) is 24.8 Å². The lowest BCUT2D eigenvalue weighted by Crippen LogP contribution is -2.54. The van der Waals surface area contributed by atoms with Gasteiger partial charge in [0.15, 0.2) is 5.11 Å². The van der Waals surface area contributed by atoms with Gasteiger partial charge in [0.25, 0.3) is 11.8 Å². The number of thiocarbonyl (C=S) groups is 1. The molecule has 7 heteroatoms. The summed E-state index contributed by atoms with van der Waals surface area (Å²) in [6.07, 6.45) is 3.22. The highest BCUT2D eigenvalue weighted by atomic mass is 32.1. The van der Waals surface area contributed by atoms with Crippen molar-refractivity contribution in [3.8, 4) is 11.5 Å². The number of aromatic nitrogens is 1. The fourth-order valence-corrected chi connectivity index (χ4v) is 3.86. The number of nitrogens with zero attached hydrogens (tertiary/aromatic N) is 2. The van der Waals surface area contributed by atoms with Crippen molar-refractivity contribution in [1.29, 1.82) is 0 Å². The van der Waals surface area contributed by atoms with Gasteiger partial charge >= 0.3 is 0 Å². The number of benzene rings is 3. The van der Waals surface area contributed by atoms with E-state index >= 15 is 0 Å². The summed E-state index contributed by atoms with van der Waals surface area (Å²) < 4.78 is 5.81. The zero-order chi connectivity index (χ0) is 22.8. The second-order valence-electron chi connectivity index (χ2n) is 7.29. The lowest BCUT2D eigenvalue weighted by Gasteiger charge is -2.29. The molecular formula is C26H17N3O3S. The smallest absolute Gasteiger partial charge is 0.270 e. The Balaban J connectivity index is 1.46. The third-order valence-corrected chi connectivity index (χ3v) is 5.42. The van der Waals surface area contributed by atoms with Crippen LogP contribution in [0.4, 0.5) is 5.69 Å². The summed E-state index contributed by atoms with van der Waals surface area (Å²) in [5.74, 6) is 0.268. The predicted octanol–water partition coefficient (Wildman–Crippen LogP) is 4.86. The van der Waals surface area contributed by atoms with E-state index in [4.69, 9.17) is 17.0 Å². The molecule has 0 aliphatic carbocycles. The van der Waals surface area contributed by atoms with Gasteiger partial charge in [-0.2, -0.15) is 0 Å². The third-order valence-electron chi connectivity index (χ3n) is 5.14. The van der Waals surface area contributed by atoms with E-state index in [-0.39, 0.29) is 10.7 Å². The molecule has 0 bridgehead atoms. The van der Waals surface area contributed by atoms with Crippen molar-refractivity contribution in [3.63, 3.8) is 0 Å². The number of nitrogens with one attached hydrogen (secondary N) is 1. The molecule has 0 radical (unpaired) electrons. The van der Waals surface area contributed by atoms with Crippen LogP contribution >= 0.6 is 12.2 Å². The van der Waals surface area contributed by atoms with Crippen LogP contribution in [0.3, 0.4) is 0 Å². The lowest BCUT2D eigenvalue weighted by atomic mass is 10.0. The molecule has 2 amide bonds.